The van der Waals surface area contributed by atoms with Crippen LogP contribution in [0.1, 0.15) is 49.6 Å². The number of carbonyl (C=O) groups is 1. The van der Waals surface area contributed by atoms with E-state index in [1.54, 1.807) is 4.90 Å². The minimum Gasteiger partial charge on any atom is -0.337 e. The number of fused-ring (bicyclic) bond motifs is 2. The third-order valence-electron chi connectivity index (χ3n) is 5.88. The second-order valence-electron chi connectivity index (χ2n) is 8.37. The maximum Gasteiger partial charge on any atom is 0.277 e. The SMILES string of the molecule is CC(C)C(=O)N1CCc2nc3cc([C@H]4CCCN(S(C)(=O)=O)C4)[nH]n3c(=O)c2C1. The molecule has 158 valence electrons. The molecule has 0 spiro atoms. The molecule has 1 fully saturated rings. The van der Waals surface area contributed by atoms with Crippen LogP contribution in [-0.4, -0.2) is 64.0 Å². The van der Waals surface area contributed by atoms with E-state index >= 15 is 0 Å². The largest absolute Gasteiger partial charge is 0.337 e. The highest BCUT2D eigenvalue weighted by Crippen LogP contribution is 2.28. The van der Waals surface area contributed by atoms with E-state index in [-0.39, 0.29) is 29.8 Å². The van der Waals surface area contributed by atoms with Gasteiger partial charge in [-0.05, 0) is 12.8 Å². The van der Waals surface area contributed by atoms with Crippen molar-refractivity contribution >= 4 is 21.6 Å². The van der Waals surface area contributed by atoms with Gasteiger partial charge in [0, 0.05) is 49.7 Å². The first-order valence-corrected chi connectivity index (χ1v) is 11.9. The van der Waals surface area contributed by atoms with Gasteiger partial charge < -0.3 is 4.90 Å². The molecular weight excluding hydrogens is 394 g/mol. The van der Waals surface area contributed by atoms with Crippen molar-refractivity contribution in [1.29, 1.82) is 0 Å². The highest BCUT2D eigenvalue weighted by atomic mass is 32.2. The maximum absolute atomic E-state index is 13.1. The van der Waals surface area contributed by atoms with Crippen LogP contribution in [0.4, 0.5) is 0 Å². The van der Waals surface area contributed by atoms with Crippen LogP contribution in [0, 0.1) is 5.92 Å². The average molecular weight is 422 g/mol. The van der Waals surface area contributed by atoms with E-state index < -0.39 is 10.0 Å². The number of H-pyrrole nitrogens is 1. The smallest absolute Gasteiger partial charge is 0.277 e. The molecule has 4 rings (SSSR count). The first-order valence-electron chi connectivity index (χ1n) is 10.0. The lowest BCUT2D eigenvalue weighted by atomic mass is 9.96. The lowest BCUT2D eigenvalue weighted by Crippen LogP contribution is -2.42. The summed E-state index contributed by atoms with van der Waals surface area (Å²) in [6, 6.07) is 1.85. The summed E-state index contributed by atoms with van der Waals surface area (Å²) in [5.74, 6) is -0.0804. The zero-order valence-corrected chi connectivity index (χ0v) is 17.8. The number of carbonyl (C=O) groups excluding carboxylic acids is 1. The topological polar surface area (TPSA) is 108 Å². The Hall–Kier alpha value is -2.20. The van der Waals surface area contributed by atoms with Gasteiger partial charge in [0.05, 0.1) is 24.1 Å². The molecule has 2 aliphatic heterocycles. The van der Waals surface area contributed by atoms with Gasteiger partial charge >= 0.3 is 0 Å². The van der Waals surface area contributed by atoms with Crippen LogP contribution in [0.3, 0.4) is 0 Å². The average Bonchev–Trinajstić information content (AvgIpc) is 3.11. The van der Waals surface area contributed by atoms with Crippen molar-refractivity contribution in [2.75, 3.05) is 25.9 Å². The third-order valence-corrected chi connectivity index (χ3v) is 7.15. The molecule has 9 nitrogen and oxygen atoms in total. The van der Waals surface area contributed by atoms with Crippen LogP contribution in [0.5, 0.6) is 0 Å². The van der Waals surface area contributed by atoms with Crippen molar-refractivity contribution in [3.63, 3.8) is 0 Å². The lowest BCUT2D eigenvalue weighted by Gasteiger charge is -2.30. The predicted molar refractivity (Wildman–Crippen MR) is 108 cm³/mol. The predicted octanol–water partition coefficient (Wildman–Crippen LogP) is 0.702. The van der Waals surface area contributed by atoms with Gasteiger partial charge in [0.15, 0.2) is 5.65 Å². The molecule has 0 aromatic carbocycles. The number of hydrogen-bond acceptors (Lipinski definition) is 5. The van der Waals surface area contributed by atoms with Gasteiger partial charge in [-0.3, -0.25) is 14.7 Å². The van der Waals surface area contributed by atoms with Crippen molar-refractivity contribution < 1.29 is 13.2 Å². The summed E-state index contributed by atoms with van der Waals surface area (Å²) in [7, 11) is -3.24. The van der Waals surface area contributed by atoms with Crippen LogP contribution in [-0.2, 0) is 27.8 Å². The standard InChI is InChI=1S/C19H27N5O4S/c1-12(2)18(25)22-8-6-15-14(11-22)19(26)24-17(20-15)9-16(21-24)13-5-4-7-23(10-13)29(3,27)28/h9,12-13,21H,4-8,10-11H2,1-3H3/t13-/m0/s1. The van der Waals surface area contributed by atoms with Gasteiger partial charge in [-0.2, -0.15) is 0 Å². The fourth-order valence-electron chi connectivity index (χ4n) is 4.26. The molecule has 2 aromatic rings. The highest BCUT2D eigenvalue weighted by Gasteiger charge is 2.30. The molecule has 1 saturated heterocycles. The molecule has 0 radical (unpaired) electrons. The van der Waals surface area contributed by atoms with Crippen LogP contribution in [0.2, 0.25) is 0 Å². The van der Waals surface area contributed by atoms with Gasteiger partial charge in [0.1, 0.15) is 0 Å². The summed E-state index contributed by atoms with van der Waals surface area (Å²) in [5, 5.41) is 3.14. The van der Waals surface area contributed by atoms with Crippen molar-refractivity contribution in [2.45, 2.75) is 45.6 Å². The lowest BCUT2D eigenvalue weighted by molar-refractivity contribution is -0.135. The van der Waals surface area contributed by atoms with Crippen LogP contribution >= 0.6 is 0 Å². The van der Waals surface area contributed by atoms with Crippen molar-refractivity contribution in [3.8, 4) is 0 Å². The number of rotatable bonds is 3. The fraction of sp³-hybridized carbons (Fsp3) is 0.632. The summed E-state index contributed by atoms with van der Waals surface area (Å²) in [6.45, 7) is 5.48. The Morgan fingerprint density at radius 3 is 2.76 bits per heavy atom. The molecule has 1 N–H and O–H groups in total. The minimum absolute atomic E-state index is 0.00406. The summed E-state index contributed by atoms with van der Waals surface area (Å²) in [5.41, 5.74) is 2.48. The Morgan fingerprint density at radius 1 is 1.31 bits per heavy atom. The summed E-state index contributed by atoms with van der Waals surface area (Å²) >= 11 is 0. The summed E-state index contributed by atoms with van der Waals surface area (Å²) in [6.07, 6.45) is 3.42. The first kappa shape index (κ1) is 20.1. The van der Waals surface area contributed by atoms with E-state index in [1.165, 1.54) is 15.1 Å². The van der Waals surface area contributed by atoms with Crippen molar-refractivity contribution in [2.24, 2.45) is 5.92 Å². The number of nitrogens with one attached hydrogen (secondary N) is 1. The summed E-state index contributed by atoms with van der Waals surface area (Å²) in [4.78, 5) is 31.8. The van der Waals surface area contributed by atoms with E-state index in [0.717, 1.165) is 24.2 Å². The maximum atomic E-state index is 13.1. The Morgan fingerprint density at radius 2 is 2.07 bits per heavy atom. The zero-order valence-electron chi connectivity index (χ0n) is 17.0. The Labute approximate surface area is 169 Å². The van der Waals surface area contributed by atoms with Crippen LogP contribution < -0.4 is 5.56 Å². The fourth-order valence-corrected chi connectivity index (χ4v) is 5.17. The van der Waals surface area contributed by atoms with E-state index in [2.05, 4.69) is 10.1 Å². The zero-order chi connectivity index (χ0) is 20.9. The quantitative estimate of drug-likeness (QED) is 0.785. The van der Waals surface area contributed by atoms with Crippen LogP contribution in [0.15, 0.2) is 10.9 Å². The first-order chi connectivity index (χ1) is 13.6. The third kappa shape index (κ3) is 3.71. The molecule has 0 unspecified atom stereocenters. The Bertz CT molecular complexity index is 1120. The Kier molecular flexibility index (Phi) is 5.02. The normalized spacial score (nSPS) is 21.0. The minimum atomic E-state index is -3.24. The highest BCUT2D eigenvalue weighted by molar-refractivity contribution is 7.88. The second-order valence-corrected chi connectivity index (χ2v) is 10.4. The van der Waals surface area contributed by atoms with Gasteiger partial charge in [-0.25, -0.2) is 22.2 Å². The van der Waals surface area contributed by atoms with Crippen molar-refractivity contribution in [1.82, 2.24) is 23.8 Å². The molecule has 2 aliphatic rings. The number of nitrogens with zero attached hydrogens (tertiary/aromatic N) is 4. The number of aromatic amines is 1. The number of piperidine rings is 1. The molecule has 2 aromatic heterocycles. The van der Waals surface area contributed by atoms with E-state index in [1.807, 2.05) is 19.9 Å². The van der Waals surface area contributed by atoms with Gasteiger partial charge in [0.2, 0.25) is 15.9 Å². The molecule has 10 heteroatoms. The molecular formula is C19H27N5O4S. The molecule has 0 saturated carbocycles. The Balaban J connectivity index is 1.67. The molecule has 1 amide bonds. The summed E-state index contributed by atoms with van der Waals surface area (Å²) < 4.78 is 26.7. The molecule has 4 heterocycles. The monoisotopic (exact) mass is 421 g/mol. The number of hydrogen-bond donors (Lipinski definition) is 1. The molecule has 0 bridgehead atoms. The van der Waals surface area contributed by atoms with Crippen molar-refractivity contribution in [3.05, 3.63) is 33.4 Å². The van der Waals surface area contributed by atoms with Gasteiger partial charge in [-0.1, -0.05) is 13.8 Å². The van der Waals surface area contributed by atoms with Gasteiger partial charge in [0.25, 0.3) is 5.56 Å². The van der Waals surface area contributed by atoms with Crippen LogP contribution in [0.25, 0.3) is 5.65 Å². The van der Waals surface area contributed by atoms with E-state index in [4.69, 9.17) is 0 Å². The molecule has 1 atom stereocenters. The molecule has 0 aliphatic carbocycles. The number of sulfonamides is 1. The van der Waals surface area contributed by atoms with E-state index in [0.29, 0.717) is 37.3 Å². The van der Waals surface area contributed by atoms with Gasteiger partial charge in [-0.15, -0.1) is 0 Å². The number of aromatic nitrogens is 3. The molecule has 29 heavy (non-hydrogen) atoms. The van der Waals surface area contributed by atoms with E-state index in [9.17, 15) is 18.0 Å². The second kappa shape index (κ2) is 7.24. The number of amides is 1.